The van der Waals surface area contributed by atoms with Gasteiger partial charge in [-0.3, -0.25) is 9.69 Å². The average Bonchev–Trinajstić information content (AvgIpc) is 3.29. The molecule has 1 amide bonds. The maximum Gasteiger partial charge on any atom is 0.336 e. The van der Waals surface area contributed by atoms with Gasteiger partial charge in [0.1, 0.15) is 11.6 Å². The van der Waals surface area contributed by atoms with Crippen LogP contribution in [0.4, 0.5) is 23.0 Å². The number of pyridine rings is 2. The van der Waals surface area contributed by atoms with Gasteiger partial charge in [0.15, 0.2) is 0 Å². The number of hydrogen-bond acceptors (Lipinski definition) is 9. The highest BCUT2D eigenvalue weighted by molar-refractivity contribution is 6.34. The van der Waals surface area contributed by atoms with Gasteiger partial charge >= 0.3 is 5.97 Å². The predicted octanol–water partition coefficient (Wildman–Crippen LogP) is 10.3. The molecule has 62 heavy (non-hydrogen) atoms. The monoisotopic (exact) mass is 914 g/mol. The van der Waals surface area contributed by atoms with E-state index in [1.54, 1.807) is 48.8 Å². The molecule has 0 atom stereocenters. The van der Waals surface area contributed by atoms with Crippen molar-refractivity contribution in [2.24, 2.45) is 5.92 Å². The van der Waals surface area contributed by atoms with E-state index in [0.29, 0.717) is 44.3 Å². The van der Waals surface area contributed by atoms with Gasteiger partial charge in [0.25, 0.3) is 5.91 Å². The molecule has 11 nitrogen and oxygen atoms in total. The van der Waals surface area contributed by atoms with Crippen LogP contribution >= 0.6 is 46.4 Å². The van der Waals surface area contributed by atoms with Crippen molar-refractivity contribution in [3.8, 4) is 11.1 Å². The average molecular weight is 917 g/mol. The standard InChI is InChI=1S/C26H33Cl2N5O.C21H17Cl2N3O2/c27-22-6-7-23(28)21(14-22)18-33-9-8-29-25-24(33)15-20(16-30-25)26(34)32-12-10-31(11-13-32)17-19-4-2-1-3-5-19;22-15-5-6-18(23)14(9-15)12-26-8-7-24-20-19(26)10-13(11-25-20)16-3-1-2-4-17(16)21(27)28/h6-7,14-16,19H,1-5,8-13,17-18H2,(H,29,30);1-6,9-11H,7-8,12H2,(H,24,25)(H,27,28). The SMILES string of the molecule is O=C(O)c1ccccc1-c1cnc2c(c1)N(Cc1cc(Cl)ccc1Cl)CCN2.O=C(c1cnc2c(c1)N(Cc1cc(Cl)ccc1Cl)CCN2)N1CCN(CC2CCCCC2)CC1. The third kappa shape index (κ3) is 10.5. The van der Waals surface area contributed by atoms with Crippen LogP contribution in [0.5, 0.6) is 0 Å². The third-order valence-corrected chi connectivity index (χ3v) is 13.3. The molecule has 0 bridgehead atoms. The summed E-state index contributed by atoms with van der Waals surface area (Å²) in [5.74, 6) is 1.51. The summed E-state index contributed by atoms with van der Waals surface area (Å²) < 4.78 is 0. The molecule has 4 aliphatic rings. The summed E-state index contributed by atoms with van der Waals surface area (Å²) in [4.78, 5) is 43.0. The Morgan fingerprint density at radius 1 is 0.677 bits per heavy atom. The summed E-state index contributed by atoms with van der Waals surface area (Å²) in [5, 5.41) is 18.8. The second-order valence-corrected chi connectivity index (χ2v) is 18.0. The van der Waals surface area contributed by atoms with E-state index in [1.807, 2.05) is 41.3 Å². The molecule has 324 valence electrons. The fourth-order valence-corrected chi connectivity index (χ4v) is 9.57. The Morgan fingerprint density at radius 2 is 1.26 bits per heavy atom. The number of benzene rings is 3. The summed E-state index contributed by atoms with van der Waals surface area (Å²) >= 11 is 25.1. The largest absolute Gasteiger partial charge is 0.478 e. The van der Waals surface area contributed by atoms with Crippen molar-refractivity contribution in [3.05, 3.63) is 128 Å². The first-order chi connectivity index (χ1) is 30.1. The van der Waals surface area contributed by atoms with Gasteiger partial charge in [0, 0.05) is 110 Å². The minimum atomic E-state index is -0.964. The predicted molar refractivity (Wildman–Crippen MR) is 252 cm³/mol. The number of nitrogens with one attached hydrogen (secondary N) is 2. The Labute approximate surface area is 382 Å². The molecule has 1 saturated heterocycles. The maximum absolute atomic E-state index is 13.3. The van der Waals surface area contributed by atoms with Crippen LogP contribution in [-0.4, -0.2) is 95.7 Å². The van der Waals surface area contributed by atoms with Crippen molar-refractivity contribution in [3.63, 3.8) is 0 Å². The van der Waals surface area contributed by atoms with E-state index in [2.05, 4.69) is 35.3 Å². The van der Waals surface area contributed by atoms with Gasteiger partial charge in [0.05, 0.1) is 22.5 Å². The summed E-state index contributed by atoms with van der Waals surface area (Å²) in [5.41, 5.74) is 6.01. The van der Waals surface area contributed by atoms with Crippen molar-refractivity contribution < 1.29 is 14.7 Å². The number of rotatable bonds is 9. The van der Waals surface area contributed by atoms with Crippen LogP contribution < -0.4 is 20.4 Å². The first kappa shape index (κ1) is 43.9. The first-order valence-electron chi connectivity index (χ1n) is 21.3. The number of nitrogens with zero attached hydrogens (tertiary/aromatic N) is 6. The molecule has 3 aliphatic heterocycles. The molecule has 0 unspecified atom stereocenters. The Bertz CT molecular complexity index is 2410. The lowest BCUT2D eigenvalue weighted by Gasteiger charge is -2.37. The molecular weight excluding hydrogens is 866 g/mol. The number of carbonyl (C=O) groups is 2. The molecule has 1 saturated carbocycles. The summed E-state index contributed by atoms with van der Waals surface area (Å²) in [6.07, 6.45) is 10.3. The molecule has 0 radical (unpaired) electrons. The smallest absolute Gasteiger partial charge is 0.336 e. The maximum atomic E-state index is 13.3. The zero-order valence-electron chi connectivity index (χ0n) is 34.4. The van der Waals surface area contributed by atoms with Crippen LogP contribution in [-0.2, 0) is 13.1 Å². The van der Waals surface area contributed by atoms with Crippen molar-refractivity contribution in [2.45, 2.75) is 45.2 Å². The zero-order chi connectivity index (χ0) is 43.2. The number of fused-ring (bicyclic) bond motifs is 2. The fraction of sp³-hybridized carbons (Fsp3) is 0.362. The van der Waals surface area contributed by atoms with E-state index in [4.69, 9.17) is 46.4 Å². The Morgan fingerprint density at radius 3 is 1.87 bits per heavy atom. The van der Waals surface area contributed by atoms with E-state index in [0.717, 1.165) is 98.0 Å². The van der Waals surface area contributed by atoms with Crippen LogP contribution in [0.3, 0.4) is 0 Å². The number of carboxylic acid groups (broad SMARTS) is 1. The molecule has 2 aromatic heterocycles. The van der Waals surface area contributed by atoms with Crippen molar-refractivity contribution in [1.29, 1.82) is 0 Å². The lowest BCUT2D eigenvalue weighted by Crippen LogP contribution is -2.50. The molecule has 5 aromatic rings. The van der Waals surface area contributed by atoms with Gasteiger partial charge in [-0.1, -0.05) is 83.9 Å². The molecule has 1 aliphatic carbocycles. The molecule has 0 spiro atoms. The highest BCUT2D eigenvalue weighted by atomic mass is 35.5. The number of aromatic nitrogens is 2. The first-order valence-corrected chi connectivity index (χ1v) is 22.8. The molecule has 9 rings (SSSR count). The van der Waals surface area contributed by atoms with Gasteiger partial charge in [-0.05, 0) is 90.0 Å². The molecular formula is C47H50Cl4N8O3. The molecule has 3 N–H and O–H groups in total. The third-order valence-electron chi connectivity index (χ3n) is 12.1. The quantitative estimate of drug-likeness (QED) is 0.132. The number of piperazine rings is 1. The fourth-order valence-electron chi connectivity index (χ4n) is 8.83. The Kier molecular flexibility index (Phi) is 14.3. The van der Waals surface area contributed by atoms with Crippen molar-refractivity contribution in [1.82, 2.24) is 19.8 Å². The van der Waals surface area contributed by atoms with E-state index < -0.39 is 5.97 Å². The van der Waals surface area contributed by atoms with E-state index in [-0.39, 0.29) is 11.5 Å². The minimum Gasteiger partial charge on any atom is -0.478 e. The highest BCUT2D eigenvalue weighted by Crippen LogP contribution is 2.36. The Hall–Kier alpha value is -4.78. The molecule has 3 aromatic carbocycles. The summed E-state index contributed by atoms with van der Waals surface area (Å²) in [6.45, 7) is 8.98. The van der Waals surface area contributed by atoms with Gasteiger partial charge in [-0.15, -0.1) is 0 Å². The Balaban J connectivity index is 0.000000174. The van der Waals surface area contributed by atoms with Crippen LogP contribution in [0.1, 0.15) is 63.9 Å². The number of amides is 1. The van der Waals surface area contributed by atoms with E-state index in [9.17, 15) is 14.7 Å². The summed E-state index contributed by atoms with van der Waals surface area (Å²) in [6, 6.07) is 21.8. The lowest BCUT2D eigenvalue weighted by atomic mass is 9.89. The van der Waals surface area contributed by atoms with Gasteiger partial charge in [0.2, 0.25) is 0 Å². The molecule has 5 heterocycles. The number of aromatic carboxylic acids is 1. The molecule has 2 fully saturated rings. The van der Waals surface area contributed by atoms with E-state index in [1.165, 1.54) is 38.6 Å². The number of anilines is 4. The zero-order valence-corrected chi connectivity index (χ0v) is 37.5. The van der Waals surface area contributed by atoms with E-state index >= 15 is 0 Å². The minimum absolute atomic E-state index is 0.0685. The van der Waals surface area contributed by atoms with Crippen LogP contribution in [0.15, 0.2) is 85.2 Å². The van der Waals surface area contributed by atoms with Gasteiger partial charge < -0.3 is 30.4 Å². The van der Waals surface area contributed by atoms with Crippen LogP contribution in [0.2, 0.25) is 20.1 Å². The number of carboxylic acids is 1. The number of hydrogen-bond donors (Lipinski definition) is 3. The normalized spacial score (nSPS) is 16.6. The van der Waals surface area contributed by atoms with Gasteiger partial charge in [-0.25, -0.2) is 14.8 Å². The van der Waals surface area contributed by atoms with Gasteiger partial charge in [-0.2, -0.15) is 0 Å². The lowest BCUT2D eigenvalue weighted by molar-refractivity contribution is 0.0605. The van der Waals surface area contributed by atoms with Crippen molar-refractivity contribution in [2.75, 3.05) is 79.3 Å². The number of carbonyl (C=O) groups excluding carboxylic acids is 1. The second kappa shape index (κ2) is 20.2. The molecule has 15 heteroatoms. The summed E-state index contributed by atoms with van der Waals surface area (Å²) in [7, 11) is 0. The van der Waals surface area contributed by atoms with Crippen LogP contribution in [0.25, 0.3) is 11.1 Å². The second-order valence-electron chi connectivity index (χ2n) is 16.3. The van der Waals surface area contributed by atoms with Crippen molar-refractivity contribution >= 4 is 81.3 Å². The van der Waals surface area contributed by atoms with Crippen LogP contribution in [0, 0.1) is 5.92 Å². The topological polar surface area (TPSA) is 117 Å². The number of halogens is 4. The highest BCUT2D eigenvalue weighted by Gasteiger charge is 2.27.